The molecule has 10 heavy (non-hydrogen) atoms. The van der Waals surface area contributed by atoms with Crippen LogP contribution in [-0.4, -0.2) is 13.1 Å². The summed E-state index contributed by atoms with van der Waals surface area (Å²) < 4.78 is 0. The van der Waals surface area contributed by atoms with Crippen LogP contribution in [0.15, 0.2) is 0 Å². The molecule has 0 aliphatic carbocycles. The van der Waals surface area contributed by atoms with Crippen molar-refractivity contribution in [2.75, 3.05) is 13.1 Å². The van der Waals surface area contributed by atoms with E-state index in [2.05, 4.69) is 13.8 Å². The standard InChI is InChI=1S/C8H20N2/c1-3-8(6-10)7(2)4-5-9/h7-8H,3-6,9-10H2,1-2H3. The molecule has 0 spiro atoms. The zero-order valence-corrected chi connectivity index (χ0v) is 7.14. The van der Waals surface area contributed by atoms with Crippen molar-refractivity contribution in [3.8, 4) is 0 Å². The van der Waals surface area contributed by atoms with E-state index >= 15 is 0 Å². The first-order chi connectivity index (χ1) is 4.76. The predicted octanol–water partition coefficient (Wildman–Crippen LogP) is 0.956. The van der Waals surface area contributed by atoms with Gasteiger partial charge in [0.05, 0.1) is 0 Å². The summed E-state index contributed by atoms with van der Waals surface area (Å²) in [6.45, 7) is 6.01. The molecule has 0 saturated heterocycles. The molecular weight excluding hydrogens is 124 g/mol. The van der Waals surface area contributed by atoms with Crippen LogP contribution >= 0.6 is 0 Å². The maximum atomic E-state index is 5.57. The van der Waals surface area contributed by atoms with Crippen molar-refractivity contribution in [3.63, 3.8) is 0 Å². The van der Waals surface area contributed by atoms with Crippen molar-refractivity contribution in [1.82, 2.24) is 0 Å². The van der Waals surface area contributed by atoms with Crippen LogP contribution in [0.4, 0.5) is 0 Å². The Morgan fingerprint density at radius 3 is 2.20 bits per heavy atom. The average molecular weight is 144 g/mol. The van der Waals surface area contributed by atoms with Gasteiger partial charge in [0.15, 0.2) is 0 Å². The zero-order valence-electron chi connectivity index (χ0n) is 7.14. The normalized spacial score (nSPS) is 16.8. The summed E-state index contributed by atoms with van der Waals surface area (Å²) in [5.41, 5.74) is 11.0. The third-order valence-corrected chi connectivity index (χ3v) is 2.25. The summed E-state index contributed by atoms with van der Waals surface area (Å²) in [6, 6.07) is 0. The van der Waals surface area contributed by atoms with Crippen molar-refractivity contribution in [3.05, 3.63) is 0 Å². The van der Waals surface area contributed by atoms with Crippen LogP contribution in [0.1, 0.15) is 26.7 Å². The molecule has 2 heteroatoms. The maximum Gasteiger partial charge on any atom is -0.00464 e. The minimum absolute atomic E-state index is 0.670. The Hall–Kier alpha value is -0.0800. The topological polar surface area (TPSA) is 52.0 Å². The van der Waals surface area contributed by atoms with E-state index in [9.17, 15) is 0 Å². The Kier molecular flexibility index (Phi) is 5.64. The van der Waals surface area contributed by atoms with E-state index in [4.69, 9.17) is 11.5 Å². The van der Waals surface area contributed by atoms with Crippen molar-refractivity contribution in [1.29, 1.82) is 0 Å². The summed E-state index contributed by atoms with van der Waals surface area (Å²) in [7, 11) is 0. The molecule has 0 amide bonds. The molecule has 0 radical (unpaired) electrons. The zero-order chi connectivity index (χ0) is 7.98. The van der Waals surface area contributed by atoms with Crippen LogP contribution in [-0.2, 0) is 0 Å². The van der Waals surface area contributed by atoms with E-state index in [-0.39, 0.29) is 0 Å². The molecule has 0 bridgehead atoms. The quantitative estimate of drug-likeness (QED) is 0.603. The van der Waals surface area contributed by atoms with Crippen LogP contribution in [0, 0.1) is 11.8 Å². The van der Waals surface area contributed by atoms with Gasteiger partial charge in [0.1, 0.15) is 0 Å². The molecule has 0 rings (SSSR count). The summed E-state index contributed by atoms with van der Waals surface area (Å²) in [5.74, 6) is 1.36. The van der Waals surface area contributed by atoms with Crippen molar-refractivity contribution >= 4 is 0 Å². The molecule has 62 valence electrons. The van der Waals surface area contributed by atoms with Gasteiger partial charge in [-0.15, -0.1) is 0 Å². The van der Waals surface area contributed by atoms with Gasteiger partial charge in [0.25, 0.3) is 0 Å². The van der Waals surface area contributed by atoms with Crippen molar-refractivity contribution < 1.29 is 0 Å². The van der Waals surface area contributed by atoms with Crippen LogP contribution in [0.3, 0.4) is 0 Å². The fourth-order valence-electron chi connectivity index (χ4n) is 1.30. The van der Waals surface area contributed by atoms with E-state index in [1.807, 2.05) is 0 Å². The lowest BCUT2D eigenvalue weighted by molar-refractivity contribution is 0.340. The minimum Gasteiger partial charge on any atom is -0.330 e. The first kappa shape index (κ1) is 9.92. The smallest absolute Gasteiger partial charge is 0.00464 e. The van der Waals surface area contributed by atoms with Gasteiger partial charge in [0.2, 0.25) is 0 Å². The van der Waals surface area contributed by atoms with Gasteiger partial charge in [-0.25, -0.2) is 0 Å². The van der Waals surface area contributed by atoms with Gasteiger partial charge in [-0.2, -0.15) is 0 Å². The first-order valence-corrected chi connectivity index (χ1v) is 4.16. The first-order valence-electron chi connectivity index (χ1n) is 4.16. The summed E-state index contributed by atoms with van der Waals surface area (Å²) in [6.07, 6.45) is 2.29. The van der Waals surface area contributed by atoms with E-state index < -0.39 is 0 Å². The fraction of sp³-hybridized carbons (Fsp3) is 1.00. The molecule has 0 aromatic carbocycles. The molecule has 0 aromatic rings. The van der Waals surface area contributed by atoms with Gasteiger partial charge in [0, 0.05) is 0 Å². The molecule has 2 unspecified atom stereocenters. The molecule has 0 aromatic heterocycles. The van der Waals surface area contributed by atoms with Crippen LogP contribution in [0.25, 0.3) is 0 Å². The lowest BCUT2D eigenvalue weighted by Crippen LogP contribution is -2.22. The van der Waals surface area contributed by atoms with Crippen LogP contribution < -0.4 is 11.5 Å². The second-order valence-electron chi connectivity index (χ2n) is 2.96. The molecule has 2 atom stereocenters. The molecule has 2 nitrogen and oxygen atoms in total. The number of nitrogens with two attached hydrogens (primary N) is 2. The third-order valence-electron chi connectivity index (χ3n) is 2.25. The Labute approximate surface area is 64.0 Å². The SMILES string of the molecule is CCC(CN)C(C)CCN. The summed E-state index contributed by atoms with van der Waals surface area (Å²) in [5, 5.41) is 0. The van der Waals surface area contributed by atoms with Crippen molar-refractivity contribution in [2.45, 2.75) is 26.7 Å². The second-order valence-corrected chi connectivity index (χ2v) is 2.96. The molecule has 0 aliphatic heterocycles. The van der Waals surface area contributed by atoms with Gasteiger partial charge in [-0.05, 0) is 31.3 Å². The largest absolute Gasteiger partial charge is 0.330 e. The Balaban J connectivity index is 3.53. The highest BCUT2D eigenvalue weighted by molar-refractivity contribution is 4.65. The van der Waals surface area contributed by atoms with Gasteiger partial charge in [-0.1, -0.05) is 20.3 Å². The fourth-order valence-corrected chi connectivity index (χ4v) is 1.30. The van der Waals surface area contributed by atoms with Gasteiger partial charge < -0.3 is 11.5 Å². The van der Waals surface area contributed by atoms with Gasteiger partial charge >= 0.3 is 0 Å². The molecule has 0 saturated carbocycles. The van der Waals surface area contributed by atoms with E-state index in [1.54, 1.807) is 0 Å². The molecule has 4 N–H and O–H groups in total. The molecular formula is C8H20N2. The van der Waals surface area contributed by atoms with Crippen molar-refractivity contribution in [2.24, 2.45) is 23.3 Å². The molecule has 0 heterocycles. The van der Waals surface area contributed by atoms with Crippen LogP contribution in [0.2, 0.25) is 0 Å². The lowest BCUT2D eigenvalue weighted by atomic mass is 9.89. The Bertz CT molecular complexity index is 69.7. The van der Waals surface area contributed by atoms with E-state index in [0.29, 0.717) is 11.8 Å². The van der Waals surface area contributed by atoms with E-state index in [1.165, 1.54) is 6.42 Å². The maximum absolute atomic E-state index is 5.57. The number of hydrogen-bond acceptors (Lipinski definition) is 2. The highest BCUT2D eigenvalue weighted by Crippen LogP contribution is 2.16. The Morgan fingerprint density at radius 2 is 1.90 bits per heavy atom. The third kappa shape index (κ3) is 3.18. The Morgan fingerprint density at radius 1 is 1.30 bits per heavy atom. The minimum atomic E-state index is 0.670. The summed E-state index contributed by atoms with van der Waals surface area (Å²) in [4.78, 5) is 0. The summed E-state index contributed by atoms with van der Waals surface area (Å²) >= 11 is 0. The van der Waals surface area contributed by atoms with Gasteiger partial charge in [-0.3, -0.25) is 0 Å². The second kappa shape index (κ2) is 5.69. The monoisotopic (exact) mass is 144 g/mol. The van der Waals surface area contributed by atoms with Crippen LogP contribution in [0.5, 0.6) is 0 Å². The highest BCUT2D eigenvalue weighted by atomic mass is 14.6. The number of hydrogen-bond donors (Lipinski definition) is 2. The molecule has 0 fully saturated rings. The molecule has 0 aliphatic rings. The lowest BCUT2D eigenvalue weighted by Gasteiger charge is -2.19. The average Bonchev–Trinajstić information content (AvgIpc) is 1.91. The highest BCUT2D eigenvalue weighted by Gasteiger charge is 2.11. The van der Waals surface area contributed by atoms with E-state index in [0.717, 1.165) is 19.5 Å². The predicted molar refractivity (Wildman–Crippen MR) is 45.7 cm³/mol. The number of rotatable bonds is 5.